The predicted octanol–water partition coefficient (Wildman–Crippen LogP) is 1.71. The number of anilines is 1. The molecule has 0 unspecified atom stereocenters. The molecule has 3 N–H and O–H groups in total. The number of nitrogen functional groups attached to an aromatic ring is 1. The Kier molecular flexibility index (Phi) is 5.35. The fraction of sp³-hybridized carbons (Fsp3) is 0.312. The molecule has 0 aliphatic carbocycles. The first-order chi connectivity index (χ1) is 11.1. The number of carbonyl (C=O) groups is 1. The number of fused-ring (bicyclic) bond motifs is 1. The van der Waals surface area contributed by atoms with E-state index in [-0.39, 0.29) is 5.97 Å². The van der Waals surface area contributed by atoms with E-state index in [9.17, 15) is 4.79 Å². The zero-order valence-electron chi connectivity index (χ0n) is 13.5. The highest BCUT2D eigenvalue weighted by atomic mass is 16.5. The molecule has 7 heteroatoms. The zero-order chi connectivity index (χ0) is 16.8. The van der Waals surface area contributed by atoms with Crippen molar-refractivity contribution in [3.63, 3.8) is 0 Å². The summed E-state index contributed by atoms with van der Waals surface area (Å²) in [4.78, 5) is 16.2. The first kappa shape index (κ1) is 16.5. The lowest BCUT2D eigenvalue weighted by atomic mass is 10.1. The normalized spacial score (nSPS) is 12.0. The molecule has 0 radical (unpaired) electrons. The van der Waals surface area contributed by atoms with Crippen LogP contribution in [0.4, 0.5) is 5.82 Å². The number of esters is 1. The Hall–Kier alpha value is -2.83. The Morgan fingerprint density at radius 1 is 1.52 bits per heavy atom. The second kappa shape index (κ2) is 7.44. The summed E-state index contributed by atoms with van der Waals surface area (Å²) in [6.07, 6.45) is 9.35. The van der Waals surface area contributed by atoms with Crippen molar-refractivity contribution in [2.75, 3.05) is 19.4 Å². The van der Waals surface area contributed by atoms with Crippen LogP contribution in [-0.2, 0) is 11.2 Å². The molecule has 2 aromatic rings. The first-order valence-electron chi connectivity index (χ1n) is 7.40. The van der Waals surface area contributed by atoms with Crippen LogP contribution in [0.5, 0.6) is 0 Å². The van der Waals surface area contributed by atoms with Gasteiger partial charge < -0.3 is 15.8 Å². The van der Waals surface area contributed by atoms with Gasteiger partial charge in [-0.25, -0.2) is 14.3 Å². The van der Waals surface area contributed by atoms with Crippen LogP contribution in [0.1, 0.15) is 29.8 Å². The monoisotopic (exact) mass is 315 g/mol. The Morgan fingerprint density at radius 3 is 2.96 bits per heavy atom. The summed E-state index contributed by atoms with van der Waals surface area (Å²) in [7, 11) is 1.85. The zero-order valence-corrected chi connectivity index (χ0v) is 13.5. The lowest BCUT2D eigenvalue weighted by Gasteiger charge is -2.04. The van der Waals surface area contributed by atoms with E-state index in [4.69, 9.17) is 10.5 Å². The van der Waals surface area contributed by atoms with Gasteiger partial charge in [0, 0.05) is 24.5 Å². The molecule has 7 nitrogen and oxygen atoms in total. The maximum atomic E-state index is 12.2. The number of rotatable bonds is 6. The van der Waals surface area contributed by atoms with Crippen LogP contribution in [0.2, 0.25) is 0 Å². The topological polar surface area (TPSA) is 94.5 Å². The summed E-state index contributed by atoms with van der Waals surface area (Å²) in [5, 5.41) is 7.18. The van der Waals surface area contributed by atoms with Crippen molar-refractivity contribution in [1.82, 2.24) is 19.9 Å². The predicted molar refractivity (Wildman–Crippen MR) is 89.0 cm³/mol. The summed E-state index contributed by atoms with van der Waals surface area (Å²) in [6.45, 7) is 4.02. The number of aromatic nitrogens is 3. The van der Waals surface area contributed by atoms with Crippen molar-refractivity contribution in [2.45, 2.75) is 20.3 Å². The van der Waals surface area contributed by atoms with E-state index in [2.05, 4.69) is 15.4 Å². The van der Waals surface area contributed by atoms with Gasteiger partial charge in [0.15, 0.2) is 5.82 Å². The number of nitrogens with one attached hydrogen (secondary N) is 1. The SMILES string of the molecule is C/C=C(\C=C/Cc1c(C(=O)OCC)cn2ncnc(N)c12)NC. The number of nitrogens with zero attached hydrogens (tertiary/aromatic N) is 3. The van der Waals surface area contributed by atoms with Crippen molar-refractivity contribution in [3.05, 3.63) is 47.6 Å². The van der Waals surface area contributed by atoms with Crippen molar-refractivity contribution < 1.29 is 9.53 Å². The van der Waals surface area contributed by atoms with Crippen molar-refractivity contribution in [1.29, 1.82) is 0 Å². The molecule has 0 saturated carbocycles. The molecule has 0 amide bonds. The highest BCUT2D eigenvalue weighted by molar-refractivity contribution is 5.95. The standard InChI is InChI=1S/C16H21N5O2/c1-4-11(18-3)7-6-8-12-13(16(22)23-5-2)9-21-14(12)15(17)19-10-20-21/h4,6-7,9-10,18H,5,8H2,1-3H3,(H2,17,19,20)/b7-6-,11-4+. The second-order valence-corrected chi connectivity index (χ2v) is 4.78. The van der Waals surface area contributed by atoms with E-state index >= 15 is 0 Å². The van der Waals surface area contributed by atoms with Gasteiger partial charge in [0.1, 0.15) is 11.8 Å². The van der Waals surface area contributed by atoms with Crippen LogP contribution < -0.4 is 11.1 Å². The minimum Gasteiger partial charge on any atom is -0.462 e. The fourth-order valence-corrected chi connectivity index (χ4v) is 2.32. The minimum absolute atomic E-state index is 0.309. The second-order valence-electron chi connectivity index (χ2n) is 4.78. The number of ether oxygens (including phenoxy) is 1. The van der Waals surface area contributed by atoms with Crippen LogP contribution in [0, 0.1) is 0 Å². The Balaban J connectivity index is 2.46. The molecule has 0 aliphatic heterocycles. The van der Waals surface area contributed by atoms with Gasteiger partial charge in [-0.05, 0) is 26.3 Å². The van der Waals surface area contributed by atoms with Crippen LogP contribution in [0.25, 0.3) is 5.52 Å². The van der Waals surface area contributed by atoms with Gasteiger partial charge in [-0.2, -0.15) is 5.10 Å². The quantitative estimate of drug-likeness (QED) is 0.622. The van der Waals surface area contributed by atoms with Crippen molar-refractivity contribution in [3.8, 4) is 0 Å². The molecule has 0 spiro atoms. The van der Waals surface area contributed by atoms with Gasteiger partial charge in [0.05, 0.1) is 12.2 Å². The van der Waals surface area contributed by atoms with Gasteiger partial charge in [-0.15, -0.1) is 0 Å². The number of allylic oxidation sites excluding steroid dienone is 3. The Morgan fingerprint density at radius 2 is 2.30 bits per heavy atom. The van der Waals surface area contributed by atoms with E-state index in [0.717, 1.165) is 11.3 Å². The highest BCUT2D eigenvalue weighted by Crippen LogP contribution is 2.23. The smallest absolute Gasteiger partial charge is 0.340 e. The summed E-state index contributed by atoms with van der Waals surface area (Å²) < 4.78 is 6.68. The molecule has 23 heavy (non-hydrogen) atoms. The lowest BCUT2D eigenvalue weighted by Crippen LogP contribution is -2.06. The summed E-state index contributed by atoms with van der Waals surface area (Å²) in [6, 6.07) is 0. The average Bonchev–Trinajstić information content (AvgIpc) is 2.92. The van der Waals surface area contributed by atoms with Crippen LogP contribution in [0.3, 0.4) is 0 Å². The number of hydrogen-bond donors (Lipinski definition) is 2. The van der Waals surface area contributed by atoms with Crippen LogP contribution in [0.15, 0.2) is 36.4 Å². The third-order valence-electron chi connectivity index (χ3n) is 3.42. The van der Waals surface area contributed by atoms with E-state index in [1.807, 2.05) is 32.2 Å². The largest absolute Gasteiger partial charge is 0.462 e. The molecule has 0 atom stereocenters. The van der Waals surface area contributed by atoms with Gasteiger partial charge in [-0.3, -0.25) is 0 Å². The molecule has 0 aliphatic rings. The Bertz CT molecular complexity index is 761. The maximum absolute atomic E-state index is 12.2. The lowest BCUT2D eigenvalue weighted by molar-refractivity contribution is 0.0525. The van der Waals surface area contributed by atoms with Crippen molar-refractivity contribution >= 4 is 17.3 Å². The van der Waals surface area contributed by atoms with E-state index < -0.39 is 0 Å². The maximum Gasteiger partial charge on any atom is 0.340 e. The van der Waals surface area contributed by atoms with Gasteiger partial charge in [0.25, 0.3) is 0 Å². The van der Waals surface area contributed by atoms with Crippen molar-refractivity contribution in [2.24, 2.45) is 0 Å². The van der Waals surface area contributed by atoms with E-state index in [0.29, 0.717) is 29.9 Å². The Labute approximate surface area is 134 Å². The third kappa shape index (κ3) is 3.50. The molecule has 2 heterocycles. The van der Waals surface area contributed by atoms with Gasteiger partial charge in [-0.1, -0.05) is 12.2 Å². The van der Waals surface area contributed by atoms with E-state index in [1.54, 1.807) is 17.6 Å². The molecular weight excluding hydrogens is 294 g/mol. The molecule has 2 rings (SSSR count). The molecule has 0 saturated heterocycles. The van der Waals surface area contributed by atoms with E-state index in [1.165, 1.54) is 6.33 Å². The van der Waals surface area contributed by atoms with Gasteiger partial charge >= 0.3 is 5.97 Å². The number of likely N-dealkylation sites (N-methyl/N-ethyl adjacent to an activating group) is 1. The highest BCUT2D eigenvalue weighted by Gasteiger charge is 2.19. The summed E-state index contributed by atoms with van der Waals surface area (Å²) >= 11 is 0. The molecule has 0 aromatic carbocycles. The number of nitrogens with two attached hydrogens (primary N) is 1. The fourth-order valence-electron chi connectivity index (χ4n) is 2.32. The molecule has 2 aromatic heterocycles. The molecule has 0 fully saturated rings. The summed E-state index contributed by atoms with van der Waals surface area (Å²) in [5.74, 6) is -0.0560. The number of hydrogen-bond acceptors (Lipinski definition) is 6. The third-order valence-corrected chi connectivity index (χ3v) is 3.42. The van der Waals surface area contributed by atoms with Crippen LogP contribution >= 0.6 is 0 Å². The van der Waals surface area contributed by atoms with Gasteiger partial charge in [0.2, 0.25) is 0 Å². The summed E-state index contributed by atoms with van der Waals surface area (Å²) in [5.41, 5.74) is 8.78. The molecule has 0 bridgehead atoms. The molecular formula is C16H21N5O2. The van der Waals surface area contributed by atoms with Crippen LogP contribution in [-0.4, -0.2) is 34.2 Å². The molecule has 122 valence electrons. The minimum atomic E-state index is -0.388. The number of carbonyl (C=O) groups excluding carboxylic acids is 1. The average molecular weight is 315 g/mol. The first-order valence-corrected chi connectivity index (χ1v) is 7.40.